The fourth-order valence-electron chi connectivity index (χ4n) is 2.15. The first-order chi connectivity index (χ1) is 10.7. The van der Waals surface area contributed by atoms with E-state index in [2.05, 4.69) is 27.5 Å². The topological polar surface area (TPSA) is 59.1 Å². The Kier molecular flexibility index (Phi) is 6.01. The molecule has 22 heavy (non-hydrogen) atoms. The lowest BCUT2D eigenvalue weighted by atomic mass is 10.2. The van der Waals surface area contributed by atoms with Gasteiger partial charge in [-0.3, -0.25) is 0 Å². The second-order valence-corrected chi connectivity index (χ2v) is 5.23. The molecule has 0 radical (unpaired) electrons. The van der Waals surface area contributed by atoms with Gasteiger partial charge in [-0.1, -0.05) is 25.8 Å². The van der Waals surface area contributed by atoms with E-state index in [1.165, 1.54) is 12.8 Å². The van der Waals surface area contributed by atoms with Crippen LogP contribution in [0.15, 0.2) is 30.5 Å². The normalized spacial score (nSPS) is 10.3. The number of rotatable bonds is 8. The number of aryl methyl sites for hydroxylation is 1. The molecular formula is C17H24N4O. The lowest BCUT2D eigenvalue weighted by Gasteiger charge is -2.12. The van der Waals surface area contributed by atoms with Crippen molar-refractivity contribution in [2.75, 3.05) is 24.3 Å². The van der Waals surface area contributed by atoms with Crippen molar-refractivity contribution in [2.45, 2.75) is 33.1 Å². The number of methoxy groups -OCH3 is 1. The Balaban J connectivity index is 2.05. The lowest BCUT2D eigenvalue weighted by molar-refractivity contribution is 0.416. The van der Waals surface area contributed by atoms with Crippen molar-refractivity contribution in [2.24, 2.45) is 0 Å². The highest BCUT2D eigenvalue weighted by Crippen LogP contribution is 2.27. The number of hydrogen-bond acceptors (Lipinski definition) is 5. The first-order valence-electron chi connectivity index (χ1n) is 7.71. The third-order valence-electron chi connectivity index (χ3n) is 3.34. The molecule has 0 saturated carbocycles. The summed E-state index contributed by atoms with van der Waals surface area (Å²) >= 11 is 0. The van der Waals surface area contributed by atoms with Crippen LogP contribution in [0.4, 0.5) is 17.5 Å². The molecule has 1 heterocycles. The highest BCUT2D eigenvalue weighted by molar-refractivity contribution is 5.65. The number of benzene rings is 1. The van der Waals surface area contributed by atoms with E-state index in [4.69, 9.17) is 4.74 Å². The fraction of sp³-hybridized carbons (Fsp3) is 0.412. The van der Waals surface area contributed by atoms with Gasteiger partial charge in [-0.15, -0.1) is 0 Å². The van der Waals surface area contributed by atoms with Crippen molar-refractivity contribution < 1.29 is 4.74 Å². The van der Waals surface area contributed by atoms with Crippen LogP contribution in [-0.4, -0.2) is 23.6 Å². The molecule has 1 aromatic heterocycles. The summed E-state index contributed by atoms with van der Waals surface area (Å²) < 4.78 is 5.37. The summed E-state index contributed by atoms with van der Waals surface area (Å²) in [6.07, 6.45) is 5.30. The molecule has 5 heteroatoms. The molecule has 0 saturated heterocycles. The van der Waals surface area contributed by atoms with Crippen molar-refractivity contribution in [3.05, 3.63) is 36.0 Å². The van der Waals surface area contributed by atoms with Crippen LogP contribution in [0.2, 0.25) is 0 Å². The van der Waals surface area contributed by atoms with E-state index in [-0.39, 0.29) is 0 Å². The van der Waals surface area contributed by atoms with Crippen molar-refractivity contribution >= 4 is 17.5 Å². The van der Waals surface area contributed by atoms with Gasteiger partial charge < -0.3 is 15.4 Å². The van der Waals surface area contributed by atoms with Gasteiger partial charge in [0.1, 0.15) is 11.6 Å². The van der Waals surface area contributed by atoms with Crippen LogP contribution in [0.3, 0.4) is 0 Å². The first-order valence-corrected chi connectivity index (χ1v) is 7.71. The Morgan fingerprint density at radius 2 is 2.05 bits per heavy atom. The van der Waals surface area contributed by atoms with E-state index in [9.17, 15) is 0 Å². The van der Waals surface area contributed by atoms with Gasteiger partial charge >= 0.3 is 0 Å². The fourth-order valence-corrected chi connectivity index (χ4v) is 2.15. The molecule has 2 rings (SSSR count). The maximum Gasteiger partial charge on any atom is 0.224 e. The van der Waals surface area contributed by atoms with Gasteiger partial charge in [-0.2, -0.15) is 4.98 Å². The molecule has 0 spiro atoms. The van der Waals surface area contributed by atoms with Crippen LogP contribution in [0.1, 0.15) is 31.7 Å². The number of ether oxygens (including phenoxy) is 1. The molecule has 0 fully saturated rings. The molecule has 0 amide bonds. The number of nitrogens with one attached hydrogen (secondary N) is 2. The molecule has 0 unspecified atom stereocenters. The average molecular weight is 300 g/mol. The summed E-state index contributed by atoms with van der Waals surface area (Å²) in [5.74, 6) is 2.19. The van der Waals surface area contributed by atoms with E-state index >= 15 is 0 Å². The largest absolute Gasteiger partial charge is 0.495 e. The predicted molar refractivity (Wildman–Crippen MR) is 91.1 cm³/mol. The molecule has 2 N–H and O–H groups in total. The van der Waals surface area contributed by atoms with Crippen LogP contribution < -0.4 is 15.4 Å². The van der Waals surface area contributed by atoms with Crippen LogP contribution in [0.5, 0.6) is 5.75 Å². The molecule has 5 nitrogen and oxygen atoms in total. The second kappa shape index (κ2) is 8.22. The highest BCUT2D eigenvalue weighted by Gasteiger charge is 2.05. The minimum atomic E-state index is 0.646. The molecular weight excluding hydrogens is 276 g/mol. The Morgan fingerprint density at radius 1 is 1.18 bits per heavy atom. The van der Waals surface area contributed by atoms with Gasteiger partial charge in [0.15, 0.2) is 0 Å². The van der Waals surface area contributed by atoms with Crippen LogP contribution >= 0.6 is 0 Å². The number of hydrogen-bond donors (Lipinski definition) is 2. The smallest absolute Gasteiger partial charge is 0.224 e. The number of aromatic nitrogens is 2. The Hall–Kier alpha value is -2.30. The van der Waals surface area contributed by atoms with E-state index < -0.39 is 0 Å². The zero-order chi connectivity index (χ0) is 15.8. The van der Waals surface area contributed by atoms with Gasteiger partial charge in [-0.05, 0) is 37.1 Å². The van der Waals surface area contributed by atoms with Crippen LogP contribution in [0, 0.1) is 6.92 Å². The number of unbranched alkanes of at least 4 members (excludes halogenated alkanes) is 2. The molecule has 0 aliphatic heterocycles. The van der Waals surface area contributed by atoms with Crippen molar-refractivity contribution in [3.63, 3.8) is 0 Å². The zero-order valence-corrected chi connectivity index (χ0v) is 13.5. The molecule has 0 aliphatic carbocycles. The zero-order valence-electron chi connectivity index (χ0n) is 13.5. The first kappa shape index (κ1) is 16.1. The summed E-state index contributed by atoms with van der Waals surface area (Å²) in [6.45, 7) is 5.13. The quantitative estimate of drug-likeness (QED) is 0.718. The van der Waals surface area contributed by atoms with Gasteiger partial charge in [-0.25, -0.2) is 4.98 Å². The van der Waals surface area contributed by atoms with Gasteiger partial charge in [0, 0.05) is 12.7 Å². The Morgan fingerprint density at radius 3 is 2.82 bits per heavy atom. The molecule has 1 aromatic carbocycles. The summed E-state index contributed by atoms with van der Waals surface area (Å²) in [7, 11) is 1.66. The SMILES string of the molecule is CCCCCNc1nccc(Nc2cc(C)ccc2OC)n1. The van der Waals surface area contributed by atoms with Gasteiger partial charge in [0.2, 0.25) is 5.95 Å². The predicted octanol–water partition coefficient (Wildman–Crippen LogP) is 4.14. The van der Waals surface area contributed by atoms with E-state index in [1.807, 2.05) is 31.2 Å². The van der Waals surface area contributed by atoms with Gasteiger partial charge in [0.25, 0.3) is 0 Å². The Labute approximate surface area is 132 Å². The average Bonchev–Trinajstić information content (AvgIpc) is 2.52. The number of anilines is 3. The monoisotopic (exact) mass is 300 g/mol. The molecule has 118 valence electrons. The summed E-state index contributed by atoms with van der Waals surface area (Å²) in [6, 6.07) is 7.85. The summed E-state index contributed by atoms with van der Waals surface area (Å²) in [5.41, 5.74) is 2.06. The Bertz CT molecular complexity index is 601. The maximum atomic E-state index is 5.37. The highest BCUT2D eigenvalue weighted by atomic mass is 16.5. The van der Waals surface area contributed by atoms with Crippen molar-refractivity contribution in [1.82, 2.24) is 9.97 Å². The number of nitrogens with zero attached hydrogens (tertiary/aromatic N) is 2. The van der Waals surface area contributed by atoms with E-state index in [0.717, 1.165) is 35.8 Å². The van der Waals surface area contributed by atoms with Crippen LogP contribution in [0.25, 0.3) is 0 Å². The molecule has 0 bridgehead atoms. The van der Waals surface area contributed by atoms with Crippen molar-refractivity contribution in [1.29, 1.82) is 0 Å². The second-order valence-electron chi connectivity index (χ2n) is 5.23. The summed E-state index contributed by atoms with van der Waals surface area (Å²) in [4.78, 5) is 8.73. The maximum absolute atomic E-state index is 5.37. The van der Waals surface area contributed by atoms with Crippen molar-refractivity contribution in [3.8, 4) is 5.75 Å². The van der Waals surface area contributed by atoms with E-state index in [1.54, 1.807) is 13.3 Å². The molecule has 2 aromatic rings. The third-order valence-corrected chi connectivity index (χ3v) is 3.34. The lowest BCUT2D eigenvalue weighted by Crippen LogP contribution is -2.06. The van der Waals surface area contributed by atoms with Gasteiger partial charge in [0.05, 0.1) is 12.8 Å². The minimum absolute atomic E-state index is 0.646. The van der Waals surface area contributed by atoms with E-state index in [0.29, 0.717) is 5.95 Å². The molecule has 0 aliphatic rings. The molecule has 0 atom stereocenters. The third kappa shape index (κ3) is 4.62. The summed E-state index contributed by atoms with van der Waals surface area (Å²) in [5, 5.41) is 6.54. The van der Waals surface area contributed by atoms with Crippen LogP contribution in [-0.2, 0) is 0 Å². The standard InChI is InChI=1S/C17H24N4O/c1-4-5-6-10-18-17-19-11-9-16(21-17)20-14-12-13(2)7-8-15(14)22-3/h7-9,11-12H,4-6,10H2,1-3H3,(H2,18,19,20,21). The minimum Gasteiger partial charge on any atom is -0.495 e.